The van der Waals surface area contributed by atoms with Crippen molar-refractivity contribution in [2.75, 3.05) is 13.1 Å². The van der Waals surface area contributed by atoms with Crippen molar-refractivity contribution in [2.24, 2.45) is 11.8 Å². The SMILES string of the molecule is CCC1CCCC(CNCC(C)(C)O)C1. The van der Waals surface area contributed by atoms with Gasteiger partial charge in [0.2, 0.25) is 0 Å². The zero-order valence-corrected chi connectivity index (χ0v) is 10.6. The normalized spacial score (nSPS) is 28.0. The summed E-state index contributed by atoms with van der Waals surface area (Å²) in [4.78, 5) is 0. The van der Waals surface area contributed by atoms with Gasteiger partial charge in [0.1, 0.15) is 0 Å². The summed E-state index contributed by atoms with van der Waals surface area (Å²) in [5.41, 5.74) is -0.571. The molecular weight excluding hydrogens is 186 g/mol. The van der Waals surface area contributed by atoms with Crippen LogP contribution < -0.4 is 5.32 Å². The van der Waals surface area contributed by atoms with E-state index in [0.717, 1.165) is 18.4 Å². The van der Waals surface area contributed by atoms with E-state index in [4.69, 9.17) is 0 Å². The first-order valence-electron chi connectivity index (χ1n) is 6.44. The minimum Gasteiger partial charge on any atom is -0.389 e. The maximum Gasteiger partial charge on any atom is 0.0715 e. The lowest BCUT2D eigenvalue weighted by atomic mass is 9.80. The van der Waals surface area contributed by atoms with Crippen LogP contribution in [-0.2, 0) is 0 Å². The lowest BCUT2D eigenvalue weighted by Crippen LogP contribution is -2.38. The number of aliphatic hydroxyl groups is 1. The summed E-state index contributed by atoms with van der Waals surface area (Å²) in [5, 5.41) is 13.0. The van der Waals surface area contributed by atoms with Gasteiger partial charge in [0.25, 0.3) is 0 Å². The van der Waals surface area contributed by atoms with Gasteiger partial charge in [-0.2, -0.15) is 0 Å². The molecule has 0 spiro atoms. The second-order valence-corrected chi connectivity index (χ2v) is 5.75. The van der Waals surface area contributed by atoms with E-state index in [1.165, 1.54) is 32.1 Å². The standard InChI is InChI=1S/C13H27NO/c1-4-11-6-5-7-12(8-11)9-14-10-13(2,3)15/h11-12,14-15H,4-10H2,1-3H3. The van der Waals surface area contributed by atoms with Crippen molar-refractivity contribution in [2.45, 2.75) is 58.5 Å². The molecule has 0 aromatic carbocycles. The zero-order valence-electron chi connectivity index (χ0n) is 10.6. The molecule has 2 N–H and O–H groups in total. The molecule has 90 valence electrons. The summed E-state index contributed by atoms with van der Waals surface area (Å²) in [7, 11) is 0. The fourth-order valence-electron chi connectivity index (χ4n) is 2.54. The molecule has 1 aliphatic rings. The summed E-state index contributed by atoms with van der Waals surface area (Å²) >= 11 is 0. The maximum absolute atomic E-state index is 9.58. The van der Waals surface area contributed by atoms with Gasteiger partial charge in [-0.05, 0) is 45.1 Å². The van der Waals surface area contributed by atoms with Gasteiger partial charge in [-0.3, -0.25) is 0 Å². The van der Waals surface area contributed by atoms with Gasteiger partial charge in [-0.1, -0.05) is 26.2 Å². The Morgan fingerprint density at radius 2 is 1.93 bits per heavy atom. The van der Waals surface area contributed by atoms with Crippen LogP contribution in [0, 0.1) is 11.8 Å². The van der Waals surface area contributed by atoms with Crippen LogP contribution in [0.2, 0.25) is 0 Å². The monoisotopic (exact) mass is 213 g/mol. The number of rotatable bonds is 5. The third-order valence-electron chi connectivity index (χ3n) is 3.46. The predicted molar refractivity (Wildman–Crippen MR) is 64.9 cm³/mol. The molecule has 0 aromatic heterocycles. The molecule has 1 aliphatic carbocycles. The first-order chi connectivity index (χ1) is 7.01. The summed E-state index contributed by atoms with van der Waals surface area (Å²) in [6, 6.07) is 0. The van der Waals surface area contributed by atoms with Crippen LogP contribution >= 0.6 is 0 Å². The van der Waals surface area contributed by atoms with E-state index in [1.54, 1.807) is 0 Å². The lowest BCUT2D eigenvalue weighted by Gasteiger charge is -2.29. The lowest BCUT2D eigenvalue weighted by molar-refractivity contribution is 0.0774. The molecule has 1 saturated carbocycles. The van der Waals surface area contributed by atoms with Crippen LogP contribution in [0.25, 0.3) is 0 Å². The fraction of sp³-hybridized carbons (Fsp3) is 1.00. The van der Waals surface area contributed by atoms with E-state index in [9.17, 15) is 5.11 Å². The molecule has 2 heteroatoms. The Hall–Kier alpha value is -0.0800. The molecule has 15 heavy (non-hydrogen) atoms. The van der Waals surface area contributed by atoms with Gasteiger partial charge < -0.3 is 10.4 Å². The zero-order chi connectivity index (χ0) is 11.3. The number of hydrogen-bond donors (Lipinski definition) is 2. The van der Waals surface area contributed by atoms with Crippen LogP contribution in [0.15, 0.2) is 0 Å². The van der Waals surface area contributed by atoms with Crippen LogP contribution in [-0.4, -0.2) is 23.8 Å². The average Bonchev–Trinajstić information content (AvgIpc) is 2.16. The van der Waals surface area contributed by atoms with E-state index in [0.29, 0.717) is 6.54 Å². The van der Waals surface area contributed by atoms with Crippen molar-refractivity contribution in [3.63, 3.8) is 0 Å². The maximum atomic E-state index is 9.58. The smallest absolute Gasteiger partial charge is 0.0715 e. The van der Waals surface area contributed by atoms with Crippen molar-refractivity contribution in [1.29, 1.82) is 0 Å². The second kappa shape index (κ2) is 5.86. The third-order valence-corrected chi connectivity index (χ3v) is 3.46. The van der Waals surface area contributed by atoms with Crippen molar-refractivity contribution < 1.29 is 5.11 Å². The molecular formula is C13H27NO. The summed E-state index contributed by atoms with van der Waals surface area (Å²) in [6.07, 6.45) is 6.92. The van der Waals surface area contributed by atoms with Crippen LogP contribution in [0.4, 0.5) is 0 Å². The van der Waals surface area contributed by atoms with Gasteiger partial charge in [0.15, 0.2) is 0 Å². The van der Waals surface area contributed by atoms with E-state index in [2.05, 4.69) is 12.2 Å². The second-order valence-electron chi connectivity index (χ2n) is 5.75. The highest BCUT2D eigenvalue weighted by atomic mass is 16.3. The van der Waals surface area contributed by atoms with Gasteiger partial charge in [0.05, 0.1) is 5.60 Å². The van der Waals surface area contributed by atoms with Gasteiger partial charge in [0, 0.05) is 6.54 Å². The first kappa shape index (κ1) is 13.0. The largest absolute Gasteiger partial charge is 0.389 e. The summed E-state index contributed by atoms with van der Waals surface area (Å²) in [5.74, 6) is 1.79. The van der Waals surface area contributed by atoms with E-state index >= 15 is 0 Å². The molecule has 0 aliphatic heterocycles. The van der Waals surface area contributed by atoms with Gasteiger partial charge in [-0.15, -0.1) is 0 Å². The molecule has 0 heterocycles. The molecule has 0 aromatic rings. The minimum atomic E-state index is -0.571. The van der Waals surface area contributed by atoms with Gasteiger partial charge >= 0.3 is 0 Å². The molecule has 1 fully saturated rings. The predicted octanol–water partition coefficient (Wildman–Crippen LogP) is 2.56. The minimum absolute atomic E-state index is 0.571. The Balaban J connectivity index is 2.15. The molecule has 0 amide bonds. The Morgan fingerprint density at radius 1 is 1.27 bits per heavy atom. The van der Waals surface area contributed by atoms with E-state index in [-0.39, 0.29) is 0 Å². The fourth-order valence-corrected chi connectivity index (χ4v) is 2.54. The van der Waals surface area contributed by atoms with E-state index in [1.807, 2.05) is 13.8 Å². The van der Waals surface area contributed by atoms with Crippen LogP contribution in [0.5, 0.6) is 0 Å². The molecule has 2 unspecified atom stereocenters. The number of hydrogen-bond acceptors (Lipinski definition) is 2. The van der Waals surface area contributed by atoms with Crippen LogP contribution in [0.3, 0.4) is 0 Å². The Kier molecular flexibility index (Phi) is 5.07. The van der Waals surface area contributed by atoms with E-state index < -0.39 is 5.60 Å². The molecule has 0 saturated heterocycles. The Bertz CT molecular complexity index is 174. The third kappa shape index (κ3) is 5.53. The first-order valence-corrected chi connectivity index (χ1v) is 6.44. The molecule has 0 radical (unpaired) electrons. The highest BCUT2D eigenvalue weighted by Crippen LogP contribution is 2.30. The average molecular weight is 213 g/mol. The highest BCUT2D eigenvalue weighted by Gasteiger charge is 2.21. The van der Waals surface area contributed by atoms with Crippen molar-refractivity contribution in [3.8, 4) is 0 Å². The Labute approximate surface area is 94.5 Å². The molecule has 2 nitrogen and oxygen atoms in total. The Morgan fingerprint density at radius 3 is 2.53 bits per heavy atom. The van der Waals surface area contributed by atoms with Crippen LogP contribution in [0.1, 0.15) is 52.9 Å². The quantitative estimate of drug-likeness (QED) is 0.735. The van der Waals surface area contributed by atoms with Crippen molar-refractivity contribution in [1.82, 2.24) is 5.32 Å². The van der Waals surface area contributed by atoms with Crippen molar-refractivity contribution >= 4 is 0 Å². The summed E-state index contributed by atoms with van der Waals surface area (Å²) in [6.45, 7) is 7.81. The molecule has 2 atom stereocenters. The molecule has 1 rings (SSSR count). The van der Waals surface area contributed by atoms with Crippen molar-refractivity contribution in [3.05, 3.63) is 0 Å². The highest BCUT2D eigenvalue weighted by molar-refractivity contribution is 4.76. The number of nitrogens with one attached hydrogen (secondary N) is 1. The topological polar surface area (TPSA) is 32.3 Å². The van der Waals surface area contributed by atoms with Gasteiger partial charge in [-0.25, -0.2) is 0 Å². The summed E-state index contributed by atoms with van der Waals surface area (Å²) < 4.78 is 0. The molecule has 0 bridgehead atoms.